The lowest BCUT2D eigenvalue weighted by Crippen LogP contribution is -2.45. The third-order valence-corrected chi connectivity index (χ3v) is 2.44. The highest BCUT2D eigenvalue weighted by molar-refractivity contribution is 5.89. The number of nitrogens with two attached hydrogens (primary N) is 1. The number of hydrogen-bond acceptors (Lipinski definition) is 3. The van der Waals surface area contributed by atoms with E-state index in [0.717, 1.165) is 12.1 Å². The third-order valence-electron chi connectivity index (χ3n) is 2.44. The first-order chi connectivity index (χ1) is 9.36. The van der Waals surface area contributed by atoms with Gasteiger partial charge in [-0.3, -0.25) is 0 Å². The Morgan fingerprint density at radius 2 is 2.15 bits per heavy atom. The van der Waals surface area contributed by atoms with Gasteiger partial charge in [-0.2, -0.15) is 13.2 Å². The summed E-state index contributed by atoms with van der Waals surface area (Å²) in [5, 5.41) is 4.81. The first-order valence-corrected chi connectivity index (χ1v) is 5.80. The van der Waals surface area contributed by atoms with Crippen molar-refractivity contribution in [2.75, 3.05) is 25.6 Å². The molecule has 0 bridgehead atoms. The Hall–Kier alpha value is -1.80. The van der Waals surface area contributed by atoms with Crippen LogP contribution in [0.5, 0.6) is 0 Å². The summed E-state index contributed by atoms with van der Waals surface area (Å²) in [5.74, 6) is 0. The number of ether oxygens (including phenoxy) is 1. The third kappa shape index (κ3) is 5.06. The predicted molar refractivity (Wildman–Crippen MR) is 68.3 cm³/mol. The van der Waals surface area contributed by atoms with Crippen molar-refractivity contribution in [1.82, 2.24) is 5.32 Å². The Balaban J connectivity index is 2.66. The summed E-state index contributed by atoms with van der Waals surface area (Å²) in [6, 6.07) is 3.31. The number of carbonyl (C=O) groups excluding carboxylic acids is 1. The van der Waals surface area contributed by atoms with Crippen LogP contribution in [0.25, 0.3) is 0 Å². The first kappa shape index (κ1) is 16.3. The smallest absolute Gasteiger partial charge is 0.383 e. The van der Waals surface area contributed by atoms with Crippen LogP contribution in [0.1, 0.15) is 5.56 Å². The number of anilines is 1. The van der Waals surface area contributed by atoms with Crippen LogP contribution in [0.4, 0.5) is 23.7 Å². The minimum atomic E-state index is -4.45. The number of urea groups is 1. The van der Waals surface area contributed by atoms with Crippen molar-refractivity contribution in [1.29, 1.82) is 0 Å². The summed E-state index contributed by atoms with van der Waals surface area (Å²) in [6.07, 6.45) is -4.45. The van der Waals surface area contributed by atoms with Gasteiger partial charge in [0.1, 0.15) is 0 Å². The highest BCUT2D eigenvalue weighted by Gasteiger charge is 2.30. The van der Waals surface area contributed by atoms with Gasteiger partial charge in [0.25, 0.3) is 0 Å². The van der Waals surface area contributed by atoms with Gasteiger partial charge in [-0.05, 0) is 18.2 Å². The summed E-state index contributed by atoms with van der Waals surface area (Å²) in [7, 11) is 1.45. The van der Waals surface area contributed by atoms with Crippen LogP contribution in [0.2, 0.25) is 0 Å². The van der Waals surface area contributed by atoms with E-state index >= 15 is 0 Å². The molecule has 0 heterocycles. The quantitative estimate of drug-likeness (QED) is 0.774. The highest BCUT2D eigenvalue weighted by atomic mass is 19.4. The van der Waals surface area contributed by atoms with E-state index in [1.807, 2.05) is 0 Å². The van der Waals surface area contributed by atoms with E-state index in [0.29, 0.717) is 0 Å². The van der Waals surface area contributed by atoms with Gasteiger partial charge in [0.15, 0.2) is 0 Å². The van der Waals surface area contributed by atoms with Crippen molar-refractivity contribution >= 4 is 11.7 Å². The first-order valence-electron chi connectivity index (χ1n) is 5.80. The van der Waals surface area contributed by atoms with E-state index in [-0.39, 0.29) is 18.8 Å². The van der Waals surface area contributed by atoms with Gasteiger partial charge in [-0.15, -0.1) is 0 Å². The van der Waals surface area contributed by atoms with Gasteiger partial charge in [0.05, 0.1) is 18.2 Å². The molecule has 5 nitrogen and oxygen atoms in total. The molecule has 1 aromatic carbocycles. The van der Waals surface area contributed by atoms with Crippen molar-refractivity contribution in [3.05, 3.63) is 29.8 Å². The van der Waals surface area contributed by atoms with Crippen molar-refractivity contribution < 1.29 is 22.7 Å². The maximum atomic E-state index is 12.5. The molecule has 1 unspecified atom stereocenters. The SMILES string of the molecule is COCC(CN)NC(=O)Nc1cccc(C(F)(F)F)c1. The monoisotopic (exact) mass is 291 g/mol. The highest BCUT2D eigenvalue weighted by Crippen LogP contribution is 2.30. The number of carbonyl (C=O) groups is 1. The molecule has 0 aliphatic carbocycles. The zero-order valence-corrected chi connectivity index (χ0v) is 10.8. The fourth-order valence-electron chi connectivity index (χ4n) is 1.50. The van der Waals surface area contributed by atoms with Crippen LogP contribution in [0.15, 0.2) is 24.3 Å². The van der Waals surface area contributed by atoms with Gasteiger partial charge in [0, 0.05) is 19.3 Å². The molecular formula is C12H16F3N3O2. The van der Waals surface area contributed by atoms with Crippen LogP contribution in [0, 0.1) is 0 Å². The van der Waals surface area contributed by atoms with Crippen LogP contribution >= 0.6 is 0 Å². The second kappa shape index (κ2) is 7.11. The molecule has 4 N–H and O–H groups in total. The Labute approximate surface area is 114 Å². The van der Waals surface area contributed by atoms with Crippen molar-refractivity contribution in [3.63, 3.8) is 0 Å². The fraction of sp³-hybridized carbons (Fsp3) is 0.417. The Morgan fingerprint density at radius 3 is 2.70 bits per heavy atom. The van der Waals surface area contributed by atoms with E-state index in [9.17, 15) is 18.0 Å². The van der Waals surface area contributed by atoms with Gasteiger partial charge >= 0.3 is 12.2 Å². The molecule has 20 heavy (non-hydrogen) atoms. The summed E-state index contributed by atoms with van der Waals surface area (Å²) in [4.78, 5) is 11.6. The van der Waals surface area contributed by atoms with Gasteiger partial charge in [-0.1, -0.05) is 6.07 Å². The van der Waals surface area contributed by atoms with Crippen molar-refractivity contribution in [2.24, 2.45) is 5.73 Å². The topological polar surface area (TPSA) is 76.4 Å². The van der Waals surface area contributed by atoms with Crippen LogP contribution in [-0.4, -0.2) is 32.3 Å². The largest absolute Gasteiger partial charge is 0.416 e. The molecule has 0 aromatic heterocycles. The van der Waals surface area contributed by atoms with E-state index < -0.39 is 23.8 Å². The number of alkyl halides is 3. The molecule has 0 spiro atoms. The number of benzene rings is 1. The van der Waals surface area contributed by atoms with Gasteiger partial charge in [0.2, 0.25) is 0 Å². The van der Waals surface area contributed by atoms with Gasteiger partial charge in [-0.25, -0.2) is 4.79 Å². The number of hydrogen-bond donors (Lipinski definition) is 3. The molecule has 1 aromatic rings. The Bertz CT molecular complexity index is 452. The lowest BCUT2D eigenvalue weighted by atomic mass is 10.2. The molecule has 8 heteroatoms. The van der Waals surface area contributed by atoms with E-state index in [1.54, 1.807) is 0 Å². The average Bonchev–Trinajstić information content (AvgIpc) is 2.37. The number of amides is 2. The second-order valence-corrected chi connectivity index (χ2v) is 4.06. The maximum Gasteiger partial charge on any atom is 0.416 e. The standard InChI is InChI=1S/C12H16F3N3O2/c1-20-7-10(6-16)18-11(19)17-9-4-2-3-8(5-9)12(13,14)15/h2-5,10H,6-7,16H2,1H3,(H2,17,18,19). The normalized spacial score (nSPS) is 12.8. The lowest BCUT2D eigenvalue weighted by molar-refractivity contribution is -0.137. The molecule has 0 fully saturated rings. The van der Waals surface area contributed by atoms with Crippen LogP contribution in [0.3, 0.4) is 0 Å². The van der Waals surface area contributed by atoms with E-state index in [2.05, 4.69) is 10.6 Å². The lowest BCUT2D eigenvalue weighted by Gasteiger charge is -2.16. The molecular weight excluding hydrogens is 275 g/mol. The molecule has 1 rings (SSSR count). The molecule has 0 aliphatic rings. The molecule has 2 amide bonds. The summed E-state index contributed by atoms with van der Waals surface area (Å²) in [6.45, 7) is 0.371. The van der Waals surface area contributed by atoms with E-state index in [1.165, 1.54) is 19.2 Å². The summed E-state index contributed by atoms with van der Waals surface area (Å²) in [5.41, 5.74) is 4.63. The zero-order valence-electron chi connectivity index (χ0n) is 10.8. The van der Waals surface area contributed by atoms with Crippen LogP contribution < -0.4 is 16.4 Å². The average molecular weight is 291 g/mol. The molecule has 0 aliphatic heterocycles. The number of nitrogens with one attached hydrogen (secondary N) is 2. The number of methoxy groups -OCH3 is 1. The van der Waals surface area contributed by atoms with Crippen molar-refractivity contribution in [2.45, 2.75) is 12.2 Å². The minimum Gasteiger partial charge on any atom is -0.383 e. The Morgan fingerprint density at radius 1 is 1.45 bits per heavy atom. The number of rotatable bonds is 5. The molecule has 0 radical (unpaired) electrons. The minimum absolute atomic E-state index is 0.0468. The fourth-order valence-corrected chi connectivity index (χ4v) is 1.50. The summed E-state index contributed by atoms with van der Waals surface area (Å²) >= 11 is 0. The Kier molecular flexibility index (Phi) is 5.78. The zero-order chi connectivity index (χ0) is 15.2. The molecule has 0 saturated heterocycles. The predicted octanol–water partition coefficient (Wildman–Crippen LogP) is 1.80. The maximum absolute atomic E-state index is 12.5. The molecule has 112 valence electrons. The second-order valence-electron chi connectivity index (χ2n) is 4.06. The van der Waals surface area contributed by atoms with Crippen LogP contribution in [-0.2, 0) is 10.9 Å². The van der Waals surface area contributed by atoms with E-state index in [4.69, 9.17) is 10.5 Å². The summed E-state index contributed by atoms with van der Waals surface area (Å²) < 4.78 is 42.4. The number of halogens is 3. The van der Waals surface area contributed by atoms with Crippen molar-refractivity contribution in [3.8, 4) is 0 Å². The molecule has 1 atom stereocenters. The molecule has 0 saturated carbocycles. The van der Waals surface area contributed by atoms with Gasteiger partial charge < -0.3 is 21.1 Å².